The topological polar surface area (TPSA) is 70.4 Å². The van der Waals surface area contributed by atoms with Crippen LogP contribution in [-0.2, 0) is 0 Å². The fraction of sp³-hybridized carbons (Fsp3) is 0. The molecule has 1 aromatic carbocycles. The van der Waals surface area contributed by atoms with Crippen molar-refractivity contribution in [2.45, 2.75) is 0 Å². The van der Waals surface area contributed by atoms with E-state index >= 15 is 0 Å². The number of para-hydroxylation sites is 1. The van der Waals surface area contributed by atoms with Gasteiger partial charge in [0.05, 0.1) is 6.21 Å². The molecule has 0 spiro atoms. The van der Waals surface area contributed by atoms with E-state index in [-0.39, 0.29) is 5.75 Å². The molecular weight excluding hydrogens is 204 g/mol. The first kappa shape index (κ1) is 10.1. The number of phenolic OH excluding ortho intramolecular Hbond substituents is 1. The summed E-state index contributed by atoms with van der Waals surface area (Å²) in [6.07, 6.45) is 4.74. The molecule has 1 heterocycles. The Labute approximate surface area is 92.5 Å². The maximum Gasteiger partial charge on any atom is 0.243 e. The van der Waals surface area contributed by atoms with Gasteiger partial charge in [0, 0.05) is 18.0 Å². The summed E-state index contributed by atoms with van der Waals surface area (Å²) in [5.41, 5.74) is 3.29. The second kappa shape index (κ2) is 4.88. The lowest BCUT2D eigenvalue weighted by molar-refractivity contribution is 0.474. The van der Waals surface area contributed by atoms with Crippen LogP contribution in [0.3, 0.4) is 0 Å². The molecule has 0 saturated carbocycles. The highest BCUT2D eigenvalue weighted by Crippen LogP contribution is 2.12. The molecule has 2 aromatic rings. The van der Waals surface area contributed by atoms with Crippen LogP contribution in [-0.4, -0.2) is 21.3 Å². The maximum atomic E-state index is 9.46. The first-order valence-electron chi connectivity index (χ1n) is 4.70. The Hall–Kier alpha value is -2.43. The van der Waals surface area contributed by atoms with Crippen molar-refractivity contribution in [2.75, 3.05) is 5.43 Å². The van der Waals surface area contributed by atoms with E-state index in [9.17, 15) is 5.11 Å². The highest BCUT2D eigenvalue weighted by atomic mass is 16.3. The van der Waals surface area contributed by atoms with Gasteiger partial charge in [-0.3, -0.25) is 0 Å². The Bertz CT molecular complexity index is 484. The van der Waals surface area contributed by atoms with Gasteiger partial charge in [-0.25, -0.2) is 15.4 Å². The number of anilines is 1. The predicted molar refractivity (Wildman–Crippen MR) is 61.4 cm³/mol. The highest BCUT2D eigenvalue weighted by molar-refractivity contribution is 5.83. The second-order valence-corrected chi connectivity index (χ2v) is 3.00. The zero-order chi connectivity index (χ0) is 11.2. The van der Waals surface area contributed by atoms with Crippen molar-refractivity contribution < 1.29 is 5.11 Å². The molecule has 0 saturated heterocycles. The molecule has 5 nitrogen and oxygen atoms in total. The van der Waals surface area contributed by atoms with Gasteiger partial charge in [0.2, 0.25) is 5.95 Å². The van der Waals surface area contributed by atoms with Crippen LogP contribution >= 0.6 is 0 Å². The van der Waals surface area contributed by atoms with Crippen LogP contribution in [0.2, 0.25) is 0 Å². The quantitative estimate of drug-likeness (QED) is 0.601. The summed E-state index contributed by atoms with van der Waals surface area (Å²) >= 11 is 0. The van der Waals surface area contributed by atoms with Gasteiger partial charge in [-0.1, -0.05) is 12.1 Å². The van der Waals surface area contributed by atoms with Crippen LogP contribution in [0.5, 0.6) is 5.75 Å². The molecule has 2 rings (SSSR count). The number of aromatic hydroxyl groups is 1. The lowest BCUT2D eigenvalue weighted by Crippen LogP contribution is -1.95. The number of phenols is 1. The monoisotopic (exact) mass is 214 g/mol. The molecule has 5 heteroatoms. The van der Waals surface area contributed by atoms with Crippen LogP contribution in [0.25, 0.3) is 0 Å². The van der Waals surface area contributed by atoms with Gasteiger partial charge in [-0.15, -0.1) is 0 Å². The highest BCUT2D eigenvalue weighted by Gasteiger charge is 1.94. The summed E-state index contributed by atoms with van der Waals surface area (Å²) in [7, 11) is 0. The van der Waals surface area contributed by atoms with Crippen molar-refractivity contribution in [1.29, 1.82) is 0 Å². The number of hydrogen-bond acceptors (Lipinski definition) is 5. The van der Waals surface area contributed by atoms with Crippen molar-refractivity contribution in [1.82, 2.24) is 9.97 Å². The fourth-order valence-corrected chi connectivity index (χ4v) is 1.11. The Morgan fingerprint density at radius 1 is 1.12 bits per heavy atom. The molecule has 2 N–H and O–H groups in total. The number of rotatable bonds is 3. The molecule has 80 valence electrons. The van der Waals surface area contributed by atoms with E-state index in [1.165, 1.54) is 6.21 Å². The van der Waals surface area contributed by atoms with E-state index < -0.39 is 0 Å². The van der Waals surface area contributed by atoms with Crippen molar-refractivity contribution in [3.05, 3.63) is 48.3 Å². The van der Waals surface area contributed by atoms with Crippen molar-refractivity contribution in [3.8, 4) is 5.75 Å². The molecule has 0 atom stereocenters. The van der Waals surface area contributed by atoms with E-state index in [2.05, 4.69) is 20.5 Å². The zero-order valence-corrected chi connectivity index (χ0v) is 8.41. The minimum absolute atomic E-state index is 0.182. The average Bonchev–Trinajstić information content (AvgIpc) is 2.33. The molecule has 0 unspecified atom stereocenters. The fourth-order valence-electron chi connectivity index (χ4n) is 1.11. The minimum Gasteiger partial charge on any atom is -0.507 e. The van der Waals surface area contributed by atoms with Gasteiger partial charge in [0.25, 0.3) is 0 Å². The van der Waals surface area contributed by atoms with Crippen LogP contribution in [0.1, 0.15) is 5.56 Å². The molecule has 0 aliphatic carbocycles. The maximum absolute atomic E-state index is 9.46. The summed E-state index contributed by atoms with van der Waals surface area (Å²) < 4.78 is 0. The first-order valence-corrected chi connectivity index (χ1v) is 4.70. The van der Waals surface area contributed by atoms with Crippen molar-refractivity contribution in [2.24, 2.45) is 5.10 Å². The number of hydrogen-bond donors (Lipinski definition) is 2. The summed E-state index contributed by atoms with van der Waals surface area (Å²) in [6, 6.07) is 8.64. The SMILES string of the molecule is Oc1ccccc1/C=N/Nc1ncccn1. The number of nitrogens with one attached hydrogen (secondary N) is 1. The number of benzene rings is 1. The summed E-state index contributed by atoms with van der Waals surface area (Å²) in [4.78, 5) is 7.87. The third kappa shape index (κ3) is 2.54. The smallest absolute Gasteiger partial charge is 0.243 e. The van der Waals surface area contributed by atoms with Gasteiger partial charge in [-0.2, -0.15) is 5.10 Å². The Morgan fingerprint density at radius 3 is 2.62 bits per heavy atom. The number of aromatic nitrogens is 2. The molecule has 0 aliphatic heterocycles. The normalized spacial score (nSPS) is 10.5. The van der Waals surface area contributed by atoms with E-state index in [1.807, 2.05) is 6.07 Å². The third-order valence-corrected chi connectivity index (χ3v) is 1.87. The second-order valence-electron chi connectivity index (χ2n) is 3.00. The average molecular weight is 214 g/mol. The first-order chi connectivity index (χ1) is 7.86. The lowest BCUT2D eigenvalue weighted by atomic mass is 10.2. The van der Waals surface area contributed by atoms with Crippen LogP contribution in [0, 0.1) is 0 Å². The van der Waals surface area contributed by atoms with Crippen molar-refractivity contribution >= 4 is 12.2 Å². The predicted octanol–water partition coefficient (Wildman–Crippen LogP) is 1.63. The van der Waals surface area contributed by atoms with Crippen LogP contribution in [0.15, 0.2) is 47.8 Å². The molecule has 0 fully saturated rings. The molecule has 0 radical (unpaired) electrons. The van der Waals surface area contributed by atoms with E-state index in [1.54, 1.807) is 36.7 Å². The van der Waals surface area contributed by atoms with E-state index in [4.69, 9.17) is 0 Å². The summed E-state index contributed by atoms with van der Waals surface area (Å²) in [5, 5.41) is 13.4. The Balaban J connectivity index is 2.03. The summed E-state index contributed by atoms with van der Waals surface area (Å²) in [5.74, 6) is 0.594. The van der Waals surface area contributed by atoms with Crippen LogP contribution < -0.4 is 5.43 Å². The van der Waals surface area contributed by atoms with Gasteiger partial charge < -0.3 is 5.11 Å². The van der Waals surface area contributed by atoms with E-state index in [0.29, 0.717) is 11.5 Å². The van der Waals surface area contributed by atoms with Crippen LogP contribution in [0.4, 0.5) is 5.95 Å². The molecular formula is C11H10N4O. The van der Waals surface area contributed by atoms with E-state index in [0.717, 1.165) is 0 Å². The zero-order valence-electron chi connectivity index (χ0n) is 8.41. The van der Waals surface area contributed by atoms with Gasteiger partial charge in [0.1, 0.15) is 5.75 Å². The van der Waals surface area contributed by atoms with Gasteiger partial charge in [-0.05, 0) is 18.2 Å². The Kier molecular flexibility index (Phi) is 3.08. The molecule has 0 bridgehead atoms. The van der Waals surface area contributed by atoms with Gasteiger partial charge >= 0.3 is 0 Å². The van der Waals surface area contributed by atoms with Gasteiger partial charge in [0.15, 0.2) is 0 Å². The number of hydrazone groups is 1. The largest absolute Gasteiger partial charge is 0.507 e. The molecule has 16 heavy (non-hydrogen) atoms. The molecule has 0 amide bonds. The third-order valence-electron chi connectivity index (χ3n) is 1.87. The molecule has 0 aliphatic rings. The minimum atomic E-state index is 0.182. The number of nitrogens with zero attached hydrogens (tertiary/aromatic N) is 3. The standard InChI is InChI=1S/C11H10N4O/c16-10-5-2-1-4-9(10)8-14-15-11-12-6-3-7-13-11/h1-8,16H,(H,12,13,15)/b14-8+. The van der Waals surface area contributed by atoms with Crippen molar-refractivity contribution in [3.63, 3.8) is 0 Å². The Morgan fingerprint density at radius 2 is 1.88 bits per heavy atom. The lowest BCUT2D eigenvalue weighted by Gasteiger charge is -1.98. The summed E-state index contributed by atoms with van der Waals surface area (Å²) in [6.45, 7) is 0. The molecule has 1 aromatic heterocycles.